The van der Waals surface area contributed by atoms with E-state index < -0.39 is 33.5 Å². The van der Waals surface area contributed by atoms with Crippen molar-refractivity contribution >= 4 is 27.1 Å². The predicted octanol–water partition coefficient (Wildman–Crippen LogP) is 2.99. The Labute approximate surface area is 119 Å². The smallest absolute Gasteiger partial charge is 0.341 e. The van der Waals surface area contributed by atoms with E-state index in [0.29, 0.717) is 0 Å². The first-order chi connectivity index (χ1) is 9.30. The van der Waals surface area contributed by atoms with Gasteiger partial charge in [-0.05, 0) is 12.1 Å². The van der Waals surface area contributed by atoms with E-state index in [1.54, 1.807) is 0 Å². The summed E-state index contributed by atoms with van der Waals surface area (Å²) in [5, 5.41) is 0. The van der Waals surface area contributed by atoms with Crippen LogP contribution in [-0.4, -0.2) is 39.6 Å². The van der Waals surface area contributed by atoms with E-state index in [4.69, 9.17) is 11.6 Å². The van der Waals surface area contributed by atoms with Gasteiger partial charge in [-0.2, -0.15) is 8.78 Å². The van der Waals surface area contributed by atoms with Crippen LogP contribution in [0, 0.1) is 0 Å². The van der Waals surface area contributed by atoms with Crippen LogP contribution < -0.4 is 4.90 Å². The van der Waals surface area contributed by atoms with E-state index in [1.165, 1.54) is 18.2 Å². The van der Waals surface area contributed by atoms with Crippen molar-refractivity contribution in [1.82, 2.24) is 0 Å². The van der Waals surface area contributed by atoms with Crippen LogP contribution in [0.15, 0.2) is 29.2 Å². The van der Waals surface area contributed by atoms with Gasteiger partial charge in [-0.1, -0.05) is 12.1 Å². The number of nitrogens with zero attached hydrogens (tertiary/aromatic N) is 1. The van der Waals surface area contributed by atoms with Crippen molar-refractivity contribution < 1.29 is 26.0 Å². The van der Waals surface area contributed by atoms with Gasteiger partial charge in [0.15, 0.2) is 0 Å². The van der Waals surface area contributed by atoms with Crippen LogP contribution in [0.25, 0.3) is 0 Å². The summed E-state index contributed by atoms with van der Waals surface area (Å²) in [5.74, 6) is -3.66. The Kier molecular flexibility index (Phi) is 6.07. The highest BCUT2D eigenvalue weighted by Gasteiger charge is 2.30. The number of sulfone groups is 1. The van der Waals surface area contributed by atoms with Gasteiger partial charge < -0.3 is 4.90 Å². The largest absolute Gasteiger partial charge is 0.364 e. The van der Waals surface area contributed by atoms with Crippen LogP contribution >= 0.6 is 11.6 Å². The molecule has 20 heavy (non-hydrogen) atoms. The fraction of sp³-hybridized carbons (Fsp3) is 0.455. The zero-order valence-electron chi connectivity index (χ0n) is 10.1. The fourth-order valence-electron chi connectivity index (χ4n) is 1.63. The molecule has 0 unspecified atom stereocenters. The van der Waals surface area contributed by atoms with E-state index in [2.05, 4.69) is 0 Å². The highest BCUT2D eigenvalue weighted by Crippen LogP contribution is 2.29. The van der Waals surface area contributed by atoms with E-state index in [-0.39, 0.29) is 18.1 Å². The summed E-state index contributed by atoms with van der Waals surface area (Å²) < 4.78 is 73.3. The summed E-state index contributed by atoms with van der Waals surface area (Å²) in [5.41, 5.74) is -0.200. The molecule has 1 aromatic carbocycles. The molecule has 0 bridgehead atoms. The highest BCUT2D eigenvalue weighted by atomic mass is 35.5. The first-order valence-corrected chi connectivity index (χ1v) is 7.59. The molecule has 0 spiro atoms. The number of benzene rings is 1. The molecule has 0 N–H and O–H groups in total. The van der Waals surface area contributed by atoms with Gasteiger partial charge in [-0.3, -0.25) is 0 Å². The van der Waals surface area contributed by atoms with Crippen LogP contribution in [0.4, 0.5) is 23.2 Å². The molecule has 0 saturated heterocycles. The molecule has 1 rings (SSSR count). The van der Waals surface area contributed by atoms with Crippen molar-refractivity contribution in [3.8, 4) is 0 Å². The third-order valence-electron chi connectivity index (χ3n) is 2.46. The Morgan fingerprint density at radius 3 is 2.25 bits per heavy atom. The minimum atomic E-state index is -4.87. The normalized spacial score (nSPS) is 12.2. The monoisotopic (exact) mass is 333 g/mol. The molecule has 9 heteroatoms. The molecule has 0 saturated carbocycles. The molecule has 1 aromatic rings. The summed E-state index contributed by atoms with van der Waals surface area (Å²) in [6, 6.07) is 4.79. The number of hydrogen-bond donors (Lipinski definition) is 0. The third kappa shape index (κ3) is 3.99. The number of halogens is 5. The zero-order valence-corrected chi connectivity index (χ0v) is 11.7. The maximum Gasteiger partial charge on any atom is 0.341 e. The standard InChI is InChI=1S/C11H12ClF4NO2S/c12-5-6-17(7-10(13)14)8-3-1-2-4-9(8)20(18,19)11(15)16/h1-4,10-11H,5-7H2. The van der Waals surface area contributed by atoms with Gasteiger partial charge in [0.2, 0.25) is 9.84 Å². The molecule has 0 fully saturated rings. The predicted molar refractivity (Wildman–Crippen MR) is 68.6 cm³/mol. The van der Waals surface area contributed by atoms with E-state index in [1.807, 2.05) is 0 Å². The molecule has 0 amide bonds. The Morgan fingerprint density at radius 1 is 1.15 bits per heavy atom. The third-order valence-corrected chi connectivity index (χ3v) is 4.06. The lowest BCUT2D eigenvalue weighted by Crippen LogP contribution is -2.32. The average molecular weight is 334 g/mol. The van der Waals surface area contributed by atoms with Crippen molar-refractivity contribution in [2.75, 3.05) is 23.9 Å². The van der Waals surface area contributed by atoms with E-state index >= 15 is 0 Å². The van der Waals surface area contributed by atoms with Crippen LogP contribution in [0.2, 0.25) is 0 Å². The van der Waals surface area contributed by atoms with Gasteiger partial charge in [-0.25, -0.2) is 17.2 Å². The summed E-state index contributed by atoms with van der Waals surface area (Å²) in [7, 11) is -4.87. The van der Waals surface area contributed by atoms with Crippen molar-refractivity contribution in [1.29, 1.82) is 0 Å². The highest BCUT2D eigenvalue weighted by molar-refractivity contribution is 7.91. The van der Waals surface area contributed by atoms with Crippen LogP contribution in [0.1, 0.15) is 0 Å². The lowest BCUT2D eigenvalue weighted by Gasteiger charge is -2.25. The molecule has 0 aliphatic carbocycles. The Hall–Kier alpha value is -1.02. The van der Waals surface area contributed by atoms with E-state index in [0.717, 1.165) is 11.0 Å². The van der Waals surface area contributed by atoms with Crippen LogP contribution in [-0.2, 0) is 9.84 Å². The topological polar surface area (TPSA) is 37.4 Å². The average Bonchev–Trinajstić information content (AvgIpc) is 2.37. The first kappa shape index (κ1) is 17.0. The number of anilines is 1. The summed E-state index contributed by atoms with van der Waals surface area (Å²) in [4.78, 5) is 0.299. The molecule has 0 atom stereocenters. The molecular weight excluding hydrogens is 322 g/mol. The molecule has 0 heterocycles. The quantitative estimate of drug-likeness (QED) is 0.568. The minimum absolute atomic E-state index is 0.0459. The fourth-order valence-corrected chi connectivity index (χ4v) is 2.79. The van der Waals surface area contributed by atoms with Gasteiger partial charge in [-0.15, -0.1) is 11.6 Å². The summed E-state index contributed by atoms with van der Waals surface area (Å²) in [6.45, 7) is -0.871. The van der Waals surface area contributed by atoms with Gasteiger partial charge in [0.25, 0.3) is 6.43 Å². The van der Waals surface area contributed by atoms with Crippen molar-refractivity contribution in [3.05, 3.63) is 24.3 Å². The number of hydrogen-bond acceptors (Lipinski definition) is 3. The Bertz CT molecular complexity index is 539. The Morgan fingerprint density at radius 2 is 1.75 bits per heavy atom. The molecular formula is C11H12ClF4NO2S. The van der Waals surface area contributed by atoms with Gasteiger partial charge in [0.05, 0.1) is 17.1 Å². The number of rotatable bonds is 7. The minimum Gasteiger partial charge on any atom is -0.364 e. The Balaban J connectivity index is 3.29. The second kappa shape index (κ2) is 7.12. The first-order valence-electron chi connectivity index (χ1n) is 5.50. The lowest BCUT2D eigenvalue weighted by atomic mass is 10.3. The molecule has 0 aromatic heterocycles. The van der Waals surface area contributed by atoms with Crippen LogP contribution in [0.5, 0.6) is 0 Å². The molecule has 0 aliphatic heterocycles. The van der Waals surface area contributed by atoms with Crippen LogP contribution in [0.3, 0.4) is 0 Å². The van der Waals surface area contributed by atoms with Crippen molar-refractivity contribution in [2.24, 2.45) is 0 Å². The molecule has 0 aliphatic rings. The van der Waals surface area contributed by atoms with Crippen molar-refractivity contribution in [3.63, 3.8) is 0 Å². The second-order valence-electron chi connectivity index (χ2n) is 3.80. The number of alkyl halides is 5. The lowest BCUT2D eigenvalue weighted by molar-refractivity contribution is 0.155. The second-order valence-corrected chi connectivity index (χ2v) is 6.06. The summed E-state index contributed by atoms with van der Waals surface area (Å²) >= 11 is 5.47. The van der Waals surface area contributed by atoms with E-state index in [9.17, 15) is 26.0 Å². The number of para-hydroxylation sites is 1. The zero-order chi connectivity index (χ0) is 15.3. The summed E-state index contributed by atoms with van der Waals surface area (Å²) in [6.07, 6.45) is -2.75. The SMILES string of the molecule is O=S(=O)(c1ccccc1N(CCCl)CC(F)F)C(F)F. The maximum absolute atomic E-state index is 12.6. The molecule has 0 radical (unpaired) electrons. The van der Waals surface area contributed by atoms with Gasteiger partial charge in [0, 0.05) is 12.4 Å². The van der Waals surface area contributed by atoms with Gasteiger partial charge >= 0.3 is 5.76 Å². The maximum atomic E-state index is 12.6. The van der Waals surface area contributed by atoms with Crippen molar-refractivity contribution in [2.45, 2.75) is 17.1 Å². The molecule has 114 valence electrons. The molecule has 3 nitrogen and oxygen atoms in total. The van der Waals surface area contributed by atoms with Gasteiger partial charge in [0.1, 0.15) is 0 Å².